The van der Waals surface area contributed by atoms with Gasteiger partial charge in [0.1, 0.15) is 22.8 Å². The molecule has 1 amide bonds. The molecule has 3 heterocycles. The van der Waals surface area contributed by atoms with Crippen LogP contribution in [0.1, 0.15) is 16.1 Å². The molecule has 0 aliphatic rings. The summed E-state index contributed by atoms with van der Waals surface area (Å²) in [5.41, 5.74) is 1.32. The number of rotatable bonds is 5. The first-order valence-corrected chi connectivity index (χ1v) is 10.2. The number of fused-ring (bicyclic) bond motifs is 1. The Morgan fingerprint density at radius 1 is 1.12 bits per heavy atom. The van der Waals surface area contributed by atoms with Crippen molar-refractivity contribution in [1.29, 1.82) is 0 Å². The smallest absolute Gasteiger partial charge is 0.263 e. The zero-order chi connectivity index (χ0) is 23.8. The van der Waals surface area contributed by atoms with Crippen LogP contribution in [0.25, 0.3) is 22.7 Å². The van der Waals surface area contributed by atoms with Crippen molar-refractivity contribution < 1.29 is 13.9 Å². The summed E-state index contributed by atoms with van der Waals surface area (Å²) in [5, 5.41) is 11.6. The molecule has 11 heteroatoms. The highest BCUT2D eigenvalue weighted by atomic mass is 19.1. The minimum atomic E-state index is -0.438. The summed E-state index contributed by atoms with van der Waals surface area (Å²) < 4.78 is 21.3. The van der Waals surface area contributed by atoms with E-state index in [1.54, 1.807) is 37.3 Å². The van der Waals surface area contributed by atoms with E-state index in [0.29, 0.717) is 28.5 Å². The monoisotopic (exact) mass is 459 g/mol. The van der Waals surface area contributed by atoms with Gasteiger partial charge in [-0.25, -0.2) is 9.07 Å². The first-order chi connectivity index (χ1) is 16.4. The molecule has 2 aromatic carbocycles. The van der Waals surface area contributed by atoms with Gasteiger partial charge in [0.15, 0.2) is 5.65 Å². The fraction of sp³-hybridized carbons (Fsp3) is 0.0870. The Labute approximate surface area is 191 Å². The lowest BCUT2D eigenvalue weighted by Gasteiger charge is -2.09. The Bertz CT molecular complexity index is 1580. The highest BCUT2D eigenvalue weighted by molar-refractivity contribution is 6.04. The van der Waals surface area contributed by atoms with Gasteiger partial charge in [0, 0.05) is 11.6 Å². The minimum absolute atomic E-state index is 0.0791. The van der Waals surface area contributed by atoms with Crippen molar-refractivity contribution in [3.63, 3.8) is 0 Å². The van der Waals surface area contributed by atoms with Crippen molar-refractivity contribution in [3.05, 3.63) is 88.2 Å². The van der Waals surface area contributed by atoms with Crippen LogP contribution in [-0.2, 0) is 0 Å². The summed E-state index contributed by atoms with van der Waals surface area (Å²) in [6.45, 7) is 1.75. The molecule has 3 aromatic heterocycles. The molecule has 0 unspecified atom stereocenters. The third kappa shape index (κ3) is 3.79. The maximum atomic E-state index is 13.4. The fourth-order valence-corrected chi connectivity index (χ4v) is 3.48. The Morgan fingerprint density at radius 2 is 1.91 bits per heavy atom. The van der Waals surface area contributed by atoms with Crippen LogP contribution in [0.4, 0.5) is 10.2 Å². The SMILES string of the molecule is COc1cccc(C(=O)Nc2cc(C)nn2-c2nc3c(cnn3-c3ccc(F)cc3)c(=O)[nH]2)c1. The fourth-order valence-electron chi connectivity index (χ4n) is 3.48. The Morgan fingerprint density at radius 3 is 2.68 bits per heavy atom. The molecule has 0 radical (unpaired) electrons. The number of hydrogen-bond acceptors (Lipinski definition) is 6. The van der Waals surface area contributed by atoms with E-state index in [2.05, 4.69) is 25.5 Å². The lowest BCUT2D eigenvalue weighted by molar-refractivity contribution is 0.102. The van der Waals surface area contributed by atoms with E-state index in [1.165, 1.54) is 46.9 Å². The zero-order valence-electron chi connectivity index (χ0n) is 18.1. The second-order valence-electron chi connectivity index (χ2n) is 7.43. The number of nitrogens with zero attached hydrogens (tertiary/aromatic N) is 5. The number of aryl methyl sites for hydroxylation is 1. The number of nitrogens with one attached hydrogen (secondary N) is 2. The van der Waals surface area contributed by atoms with Crippen LogP contribution in [0.2, 0.25) is 0 Å². The average Bonchev–Trinajstić information content (AvgIpc) is 3.43. The molecule has 0 aliphatic heterocycles. The van der Waals surface area contributed by atoms with Gasteiger partial charge in [0.2, 0.25) is 5.95 Å². The summed E-state index contributed by atoms with van der Waals surface area (Å²) in [4.78, 5) is 32.8. The van der Waals surface area contributed by atoms with Crippen LogP contribution in [0.15, 0.2) is 65.6 Å². The number of aromatic amines is 1. The zero-order valence-corrected chi connectivity index (χ0v) is 18.1. The number of aromatic nitrogens is 6. The van der Waals surface area contributed by atoms with Gasteiger partial charge in [-0.1, -0.05) is 6.07 Å². The highest BCUT2D eigenvalue weighted by Crippen LogP contribution is 2.20. The Balaban J connectivity index is 1.57. The van der Waals surface area contributed by atoms with E-state index in [-0.39, 0.29) is 22.9 Å². The molecule has 5 rings (SSSR count). The van der Waals surface area contributed by atoms with Crippen LogP contribution in [-0.4, -0.2) is 42.5 Å². The van der Waals surface area contributed by atoms with E-state index in [0.717, 1.165) is 0 Å². The second-order valence-corrected chi connectivity index (χ2v) is 7.43. The second kappa shape index (κ2) is 8.28. The van der Waals surface area contributed by atoms with Gasteiger partial charge in [-0.15, -0.1) is 0 Å². The molecule has 34 heavy (non-hydrogen) atoms. The summed E-state index contributed by atoms with van der Waals surface area (Å²) in [6.07, 6.45) is 1.38. The first-order valence-electron chi connectivity index (χ1n) is 10.2. The van der Waals surface area contributed by atoms with Gasteiger partial charge in [-0.05, 0) is 49.4 Å². The van der Waals surface area contributed by atoms with Gasteiger partial charge in [-0.3, -0.25) is 14.6 Å². The number of amides is 1. The number of benzene rings is 2. The molecule has 0 aliphatic carbocycles. The van der Waals surface area contributed by atoms with E-state index in [9.17, 15) is 14.0 Å². The summed E-state index contributed by atoms with van der Waals surface area (Å²) in [5.74, 6) is 0.147. The van der Waals surface area contributed by atoms with E-state index in [4.69, 9.17) is 4.74 Å². The van der Waals surface area contributed by atoms with Gasteiger partial charge in [-0.2, -0.15) is 19.9 Å². The molecule has 5 aromatic rings. The van der Waals surface area contributed by atoms with Crippen molar-refractivity contribution >= 4 is 22.8 Å². The molecule has 0 fully saturated rings. The van der Waals surface area contributed by atoms with E-state index in [1.807, 2.05) is 0 Å². The molecule has 0 saturated carbocycles. The third-order valence-electron chi connectivity index (χ3n) is 5.10. The van der Waals surface area contributed by atoms with Gasteiger partial charge in [0.25, 0.3) is 11.5 Å². The number of halogens is 1. The molecule has 0 bridgehead atoms. The van der Waals surface area contributed by atoms with Crippen molar-refractivity contribution in [2.24, 2.45) is 0 Å². The predicted molar refractivity (Wildman–Crippen MR) is 122 cm³/mol. The van der Waals surface area contributed by atoms with Crippen LogP contribution >= 0.6 is 0 Å². The van der Waals surface area contributed by atoms with Gasteiger partial charge < -0.3 is 10.1 Å². The number of hydrogen-bond donors (Lipinski definition) is 2. The van der Waals surface area contributed by atoms with Crippen LogP contribution in [0, 0.1) is 12.7 Å². The van der Waals surface area contributed by atoms with Gasteiger partial charge in [0.05, 0.1) is 24.7 Å². The maximum Gasteiger partial charge on any atom is 0.263 e. The number of H-pyrrole nitrogens is 1. The first kappa shape index (κ1) is 21.1. The summed E-state index contributed by atoms with van der Waals surface area (Å²) in [7, 11) is 1.52. The van der Waals surface area contributed by atoms with Crippen molar-refractivity contribution in [1.82, 2.24) is 29.5 Å². The average molecular weight is 459 g/mol. The third-order valence-corrected chi connectivity index (χ3v) is 5.10. The predicted octanol–water partition coefficient (Wildman–Crippen LogP) is 3.00. The normalized spacial score (nSPS) is 11.0. The van der Waals surface area contributed by atoms with Crippen molar-refractivity contribution in [2.45, 2.75) is 6.92 Å². The van der Waals surface area contributed by atoms with Crippen LogP contribution in [0.3, 0.4) is 0 Å². The van der Waals surface area contributed by atoms with Crippen LogP contribution in [0.5, 0.6) is 5.75 Å². The molecule has 2 N–H and O–H groups in total. The minimum Gasteiger partial charge on any atom is -0.497 e. The molecule has 10 nitrogen and oxygen atoms in total. The largest absolute Gasteiger partial charge is 0.497 e. The van der Waals surface area contributed by atoms with Crippen LogP contribution < -0.4 is 15.6 Å². The lowest BCUT2D eigenvalue weighted by atomic mass is 10.2. The highest BCUT2D eigenvalue weighted by Gasteiger charge is 2.17. The summed E-state index contributed by atoms with van der Waals surface area (Å²) in [6, 6.07) is 14.0. The quantitative estimate of drug-likeness (QED) is 0.417. The molecule has 0 spiro atoms. The van der Waals surface area contributed by atoms with Gasteiger partial charge >= 0.3 is 0 Å². The molecule has 0 atom stereocenters. The standard InChI is InChI=1S/C23H18FN7O3/c1-13-10-19(26-21(32)14-4-3-5-17(11-14)34-2)31(29-13)23-27-20-18(22(33)28-23)12-25-30(20)16-8-6-15(24)7-9-16/h3-12H,1-2H3,(H,26,32)(H,27,28,33). The molecular formula is C23H18FN7O3. The van der Waals surface area contributed by atoms with Crippen molar-refractivity contribution in [3.8, 4) is 17.4 Å². The molecular weight excluding hydrogens is 441 g/mol. The number of carbonyl (C=O) groups excluding carboxylic acids is 1. The number of ether oxygens (including phenoxy) is 1. The number of carbonyl (C=O) groups is 1. The Kier molecular flexibility index (Phi) is 5.13. The van der Waals surface area contributed by atoms with Crippen molar-refractivity contribution in [2.75, 3.05) is 12.4 Å². The van der Waals surface area contributed by atoms with E-state index < -0.39 is 11.4 Å². The number of anilines is 1. The topological polar surface area (TPSA) is 120 Å². The summed E-state index contributed by atoms with van der Waals surface area (Å²) >= 11 is 0. The molecule has 170 valence electrons. The number of methoxy groups -OCH3 is 1. The maximum absolute atomic E-state index is 13.4. The lowest BCUT2D eigenvalue weighted by Crippen LogP contribution is -2.19. The van der Waals surface area contributed by atoms with E-state index >= 15 is 0 Å². The Hall–Kier alpha value is -4.80. The molecule has 0 saturated heterocycles.